The number of piperazine rings is 1. The summed E-state index contributed by atoms with van der Waals surface area (Å²) in [6.45, 7) is 13.7. The van der Waals surface area contributed by atoms with Gasteiger partial charge < -0.3 is 24.3 Å². The number of hydrogen-bond acceptors (Lipinski definition) is 7. The fraction of sp³-hybridized carbons (Fsp3) is 0.355. The van der Waals surface area contributed by atoms with Crippen molar-refractivity contribution in [1.29, 1.82) is 0 Å². The zero-order valence-electron chi connectivity index (χ0n) is 23.2. The SMILES string of the molecule is [C-]#[N+]C[C@H]1CN(c2nc(OC[C@@H]3CCCN3C)nc3cc(-c4cccc5c(F)csc45)c(F)cc23)CCN1C(=O)C=C. The predicted molar refractivity (Wildman–Crippen MR) is 161 cm³/mol. The van der Waals surface area contributed by atoms with Crippen LogP contribution in [0.25, 0.3) is 37.0 Å². The Morgan fingerprint density at radius 2 is 2.02 bits per heavy atom. The number of anilines is 1. The molecule has 2 saturated heterocycles. The number of likely N-dealkylation sites (N-methyl/N-ethyl adjacent to an activating group) is 1. The van der Waals surface area contributed by atoms with Gasteiger partial charge in [-0.3, -0.25) is 4.79 Å². The van der Waals surface area contributed by atoms with E-state index in [0.29, 0.717) is 64.2 Å². The maximum Gasteiger partial charge on any atom is 0.319 e. The van der Waals surface area contributed by atoms with Crippen molar-refractivity contribution in [2.45, 2.75) is 24.9 Å². The van der Waals surface area contributed by atoms with Gasteiger partial charge in [-0.25, -0.2) is 15.4 Å². The van der Waals surface area contributed by atoms with Crippen molar-refractivity contribution >= 4 is 44.1 Å². The molecule has 2 fully saturated rings. The average molecular weight is 589 g/mol. The molecule has 0 aliphatic carbocycles. The molecule has 0 unspecified atom stereocenters. The number of aromatic nitrogens is 2. The van der Waals surface area contributed by atoms with Gasteiger partial charge in [0.25, 0.3) is 0 Å². The minimum absolute atomic E-state index is 0.121. The fourth-order valence-corrected chi connectivity index (χ4v) is 6.89. The number of nitrogens with zero attached hydrogens (tertiary/aromatic N) is 6. The van der Waals surface area contributed by atoms with Crippen LogP contribution in [0.4, 0.5) is 14.6 Å². The number of amides is 1. The van der Waals surface area contributed by atoms with Gasteiger partial charge in [0.05, 0.1) is 5.52 Å². The highest BCUT2D eigenvalue weighted by Crippen LogP contribution is 2.39. The Labute approximate surface area is 246 Å². The zero-order chi connectivity index (χ0) is 29.4. The Kier molecular flexibility index (Phi) is 7.75. The summed E-state index contributed by atoms with van der Waals surface area (Å²) in [6.07, 6.45) is 3.38. The molecular formula is C31H30F2N6O2S. The molecule has 0 N–H and O–H groups in total. The van der Waals surface area contributed by atoms with Crippen molar-refractivity contribution in [3.8, 4) is 17.1 Å². The molecule has 0 spiro atoms. The van der Waals surface area contributed by atoms with E-state index in [1.54, 1.807) is 29.2 Å². The van der Waals surface area contributed by atoms with E-state index in [2.05, 4.69) is 23.4 Å². The van der Waals surface area contributed by atoms with Crippen LogP contribution >= 0.6 is 11.3 Å². The summed E-state index contributed by atoms with van der Waals surface area (Å²) in [4.78, 5) is 31.3. The van der Waals surface area contributed by atoms with Crippen LogP contribution < -0.4 is 9.64 Å². The maximum absolute atomic E-state index is 15.9. The normalized spacial score (nSPS) is 19.4. The summed E-state index contributed by atoms with van der Waals surface area (Å²) in [5.74, 6) is -0.553. The van der Waals surface area contributed by atoms with Crippen LogP contribution in [0, 0.1) is 18.2 Å². The molecule has 0 bridgehead atoms. The molecule has 6 rings (SSSR count). The summed E-state index contributed by atoms with van der Waals surface area (Å²) in [5, 5.41) is 2.37. The number of carbonyl (C=O) groups excluding carboxylic acids is 1. The van der Waals surface area contributed by atoms with E-state index in [4.69, 9.17) is 21.3 Å². The Morgan fingerprint density at radius 1 is 1.17 bits per heavy atom. The van der Waals surface area contributed by atoms with Gasteiger partial charge in [0, 0.05) is 57.7 Å². The predicted octanol–water partition coefficient (Wildman–Crippen LogP) is 5.39. The van der Waals surface area contributed by atoms with Crippen LogP contribution in [-0.2, 0) is 4.79 Å². The van der Waals surface area contributed by atoms with E-state index in [0.717, 1.165) is 19.4 Å². The first-order valence-electron chi connectivity index (χ1n) is 13.9. The van der Waals surface area contributed by atoms with Crippen LogP contribution in [0.15, 0.2) is 48.4 Å². The van der Waals surface area contributed by atoms with Crippen molar-refractivity contribution in [2.24, 2.45) is 0 Å². The van der Waals surface area contributed by atoms with Crippen molar-refractivity contribution in [3.05, 3.63) is 71.4 Å². The fourth-order valence-electron chi connectivity index (χ4n) is 5.94. The zero-order valence-corrected chi connectivity index (χ0v) is 24.0. The number of hydrogen-bond donors (Lipinski definition) is 0. The highest BCUT2D eigenvalue weighted by molar-refractivity contribution is 7.17. The van der Waals surface area contributed by atoms with E-state index < -0.39 is 5.82 Å². The smallest absolute Gasteiger partial charge is 0.319 e. The number of carbonyl (C=O) groups is 1. The Bertz CT molecular complexity index is 1720. The third-order valence-electron chi connectivity index (χ3n) is 8.21. The molecule has 2 aromatic heterocycles. The standard InChI is InChI=1S/C31H30F2N6O2S/c1-4-28(40)39-12-11-38(16-20(39)15-34-2)30-24-13-25(32)23(21-8-5-9-22-26(33)18-42-29(21)22)14-27(24)35-31(36-30)41-17-19-7-6-10-37(19)3/h4-5,8-9,13-14,18-20H,1,6-7,10-12,15-17H2,3H3/t19-,20-/m0/s1. The first kappa shape index (κ1) is 28.0. The first-order chi connectivity index (χ1) is 20.4. The second-order valence-corrected chi connectivity index (χ2v) is 11.6. The van der Waals surface area contributed by atoms with Crippen LogP contribution in [-0.4, -0.2) is 84.1 Å². The van der Waals surface area contributed by atoms with E-state index in [1.165, 1.54) is 28.9 Å². The molecule has 11 heteroatoms. The summed E-state index contributed by atoms with van der Waals surface area (Å²) in [5.41, 5.74) is 1.39. The summed E-state index contributed by atoms with van der Waals surface area (Å²) < 4.78 is 37.0. The van der Waals surface area contributed by atoms with Crippen LogP contribution in [0.2, 0.25) is 0 Å². The molecule has 216 valence electrons. The highest BCUT2D eigenvalue weighted by Gasteiger charge is 2.33. The lowest BCUT2D eigenvalue weighted by molar-refractivity contribution is -0.128. The van der Waals surface area contributed by atoms with E-state index in [-0.39, 0.29) is 36.4 Å². The lowest BCUT2D eigenvalue weighted by atomic mass is 10.0. The number of benzene rings is 2. The molecule has 42 heavy (non-hydrogen) atoms. The Morgan fingerprint density at radius 3 is 2.79 bits per heavy atom. The number of rotatable bonds is 7. The van der Waals surface area contributed by atoms with Gasteiger partial charge in [-0.15, -0.1) is 11.3 Å². The second-order valence-electron chi connectivity index (χ2n) is 10.7. The van der Waals surface area contributed by atoms with Gasteiger partial charge in [-0.1, -0.05) is 24.8 Å². The molecule has 2 atom stereocenters. The Balaban J connectivity index is 1.44. The molecule has 0 radical (unpaired) electrons. The molecule has 1 amide bonds. The molecule has 0 saturated carbocycles. The summed E-state index contributed by atoms with van der Waals surface area (Å²) in [6, 6.07) is 8.33. The van der Waals surface area contributed by atoms with Crippen molar-refractivity contribution in [3.63, 3.8) is 0 Å². The molecule has 4 aromatic rings. The average Bonchev–Trinajstić information content (AvgIpc) is 3.59. The summed E-state index contributed by atoms with van der Waals surface area (Å²) in [7, 11) is 2.07. The molecule has 8 nitrogen and oxygen atoms in total. The molecule has 2 aliphatic rings. The molecular weight excluding hydrogens is 558 g/mol. The van der Waals surface area contributed by atoms with Crippen molar-refractivity contribution in [2.75, 3.05) is 51.3 Å². The Hall–Kier alpha value is -4.14. The van der Waals surface area contributed by atoms with Gasteiger partial charge in [-0.2, -0.15) is 9.97 Å². The van der Waals surface area contributed by atoms with Crippen LogP contribution in [0.3, 0.4) is 0 Å². The van der Waals surface area contributed by atoms with Gasteiger partial charge in [-0.05, 0) is 44.6 Å². The topological polar surface area (TPSA) is 66.2 Å². The van der Waals surface area contributed by atoms with Gasteiger partial charge >= 0.3 is 6.01 Å². The maximum atomic E-state index is 15.9. The number of ether oxygens (including phenoxy) is 1. The number of likely N-dealkylation sites (tertiary alicyclic amines) is 1. The van der Waals surface area contributed by atoms with Gasteiger partial charge in [0.15, 0.2) is 0 Å². The number of fused-ring (bicyclic) bond motifs is 2. The monoisotopic (exact) mass is 588 g/mol. The lowest BCUT2D eigenvalue weighted by Gasteiger charge is -2.39. The largest absolute Gasteiger partial charge is 0.462 e. The minimum Gasteiger partial charge on any atom is -0.462 e. The van der Waals surface area contributed by atoms with Gasteiger partial charge in [0.2, 0.25) is 12.5 Å². The molecule has 2 aliphatic heterocycles. The van der Waals surface area contributed by atoms with E-state index in [9.17, 15) is 9.18 Å². The first-order valence-corrected chi connectivity index (χ1v) is 14.8. The number of thiophene rings is 1. The highest BCUT2D eigenvalue weighted by atomic mass is 32.1. The van der Waals surface area contributed by atoms with Crippen LogP contribution in [0.5, 0.6) is 6.01 Å². The quantitative estimate of drug-likeness (QED) is 0.213. The van der Waals surface area contributed by atoms with Crippen molar-refractivity contribution in [1.82, 2.24) is 19.8 Å². The second kappa shape index (κ2) is 11.6. The van der Waals surface area contributed by atoms with Crippen molar-refractivity contribution < 1.29 is 18.3 Å². The third kappa shape index (κ3) is 5.16. The van der Waals surface area contributed by atoms with E-state index in [1.807, 2.05) is 4.90 Å². The summed E-state index contributed by atoms with van der Waals surface area (Å²) >= 11 is 1.23. The third-order valence-corrected chi connectivity index (χ3v) is 9.21. The van der Waals surface area contributed by atoms with Gasteiger partial charge in [0.1, 0.15) is 30.1 Å². The molecule has 2 aromatic carbocycles. The minimum atomic E-state index is -0.479. The molecule has 4 heterocycles. The van der Waals surface area contributed by atoms with E-state index >= 15 is 4.39 Å². The number of halogens is 2. The van der Waals surface area contributed by atoms with Crippen LogP contribution in [0.1, 0.15) is 12.8 Å². The lowest BCUT2D eigenvalue weighted by Crippen LogP contribution is -2.56.